The highest BCUT2D eigenvalue weighted by molar-refractivity contribution is 5.81. The van der Waals surface area contributed by atoms with Crippen LogP contribution in [0.15, 0.2) is 35.5 Å². The van der Waals surface area contributed by atoms with Crippen LogP contribution in [-0.4, -0.2) is 59.2 Å². The average Bonchev–Trinajstić information content (AvgIpc) is 3.36. The Morgan fingerprint density at radius 1 is 1.02 bits per heavy atom. The van der Waals surface area contributed by atoms with Crippen LogP contribution in [0.25, 0.3) is 0 Å². The Morgan fingerprint density at radius 3 is 2.45 bits per heavy atom. The first-order chi connectivity index (χ1) is 22.8. The molecule has 7 nitrogen and oxygen atoms in total. The molecule has 3 fully saturated rings. The predicted octanol–water partition coefficient (Wildman–Crippen LogP) is 9.34. The van der Waals surface area contributed by atoms with Crippen molar-refractivity contribution < 1.29 is 29.3 Å². The number of allylic oxidation sites excluding steroid dienone is 4. The van der Waals surface area contributed by atoms with Crippen molar-refractivity contribution in [2.45, 2.75) is 169 Å². The summed E-state index contributed by atoms with van der Waals surface area (Å²) in [6, 6.07) is 0. The molecule has 0 heterocycles. The summed E-state index contributed by atoms with van der Waals surface area (Å²) in [5, 5.41) is 22.2. The lowest BCUT2D eigenvalue weighted by Gasteiger charge is -2.44. The molecule has 0 aromatic rings. The molecule has 1 amide bonds. The highest BCUT2D eigenvalue weighted by Crippen LogP contribution is 2.60. The summed E-state index contributed by atoms with van der Waals surface area (Å²) in [7, 11) is 0. The summed E-state index contributed by atoms with van der Waals surface area (Å²) >= 11 is 0. The van der Waals surface area contributed by atoms with E-state index >= 15 is 0 Å². The summed E-state index contributed by atoms with van der Waals surface area (Å²) in [6.07, 6.45) is 19.3. The standard InChI is InChI=1S/C42H71NO6/c1-30-15-18-34(48-27-12-26-43-38(46)39(3,4)25-28-49-41(7,8)24-21-37(44)45)29-33(30)17-16-32-14-11-23-42(9)35(19-20-36(32)42)31(2)13-10-22-40(5,6)47/h16-17,31,34-36,47H,1,10-15,18-29H2,2-9H3,(H,43,46)(H,44,45)/b32-16+,33-17-/t31-,34+,35?,36+,42-/m1/s1. The van der Waals surface area contributed by atoms with E-state index in [2.05, 4.69) is 37.9 Å². The molecule has 0 bridgehead atoms. The maximum atomic E-state index is 12.9. The monoisotopic (exact) mass is 686 g/mol. The van der Waals surface area contributed by atoms with Gasteiger partial charge in [-0.25, -0.2) is 0 Å². The third-order valence-electron chi connectivity index (χ3n) is 12.1. The van der Waals surface area contributed by atoms with Gasteiger partial charge in [0, 0.05) is 31.6 Å². The van der Waals surface area contributed by atoms with Crippen LogP contribution in [-0.2, 0) is 19.1 Å². The minimum absolute atomic E-state index is 0.000689. The van der Waals surface area contributed by atoms with Crippen molar-refractivity contribution in [2.75, 3.05) is 19.8 Å². The number of hydrogen-bond donors (Lipinski definition) is 3. The number of carboxylic acids is 1. The van der Waals surface area contributed by atoms with Gasteiger partial charge in [-0.15, -0.1) is 0 Å². The summed E-state index contributed by atoms with van der Waals surface area (Å²) in [5.74, 6) is 1.30. The molecule has 1 unspecified atom stereocenters. The number of carbonyl (C=O) groups excluding carboxylic acids is 1. The molecule has 280 valence electrons. The molecule has 0 spiro atoms. The largest absolute Gasteiger partial charge is 0.481 e. The topological polar surface area (TPSA) is 105 Å². The lowest BCUT2D eigenvalue weighted by Crippen LogP contribution is -2.39. The van der Waals surface area contributed by atoms with E-state index in [-0.39, 0.29) is 18.4 Å². The Morgan fingerprint density at radius 2 is 1.76 bits per heavy atom. The van der Waals surface area contributed by atoms with Gasteiger partial charge in [0.05, 0.1) is 17.3 Å². The lowest BCUT2D eigenvalue weighted by atomic mass is 9.60. The van der Waals surface area contributed by atoms with Crippen LogP contribution in [0.3, 0.4) is 0 Å². The summed E-state index contributed by atoms with van der Waals surface area (Å²) in [5.41, 5.74) is 2.90. The third-order valence-corrected chi connectivity index (χ3v) is 12.1. The van der Waals surface area contributed by atoms with Crippen molar-refractivity contribution in [1.29, 1.82) is 0 Å². The van der Waals surface area contributed by atoms with E-state index in [0.717, 1.165) is 44.4 Å². The van der Waals surface area contributed by atoms with Crippen molar-refractivity contribution in [3.63, 3.8) is 0 Å². The smallest absolute Gasteiger partial charge is 0.303 e. The second kappa shape index (κ2) is 18.0. The van der Waals surface area contributed by atoms with Crippen LogP contribution in [0, 0.1) is 28.6 Å². The van der Waals surface area contributed by atoms with Gasteiger partial charge >= 0.3 is 5.97 Å². The van der Waals surface area contributed by atoms with Crippen LogP contribution in [0.2, 0.25) is 0 Å². The average molecular weight is 686 g/mol. The number of carboxylic acid groups (broad SMARTS) is 1. The zero-order valence-electron chi connectivity index (χ0n) is 32.4. The first-order valence-electron chi connectivity index (χ1n) is 19.4. The Balaban J connectivity index is 1.43. The lowest BCUT2D eigenvalue weighted by molar-refractivity contribution is -0.139. The van der Waals surface area contributed by atoms with Crippen LogP contribution in [0.4, 0.5) is 0 Å². The fourth-order valence-electron chi connectivity index (χ4n) is 8.73. The minimum Gasteiger partial charge on any atom is -0.481 e. The number of rotatable bonds is 19. The molecule has 3 N–H and O–H groups in total. The quantitative estimate of drug-likeness (QED) is 0.117. The number of ether oxygens (including phenoxy) is 2. The molecular weight excluding hydrogens is 614 g/mol. The molecule has 0 radical (unpaired) electrons. The van der Waals surface area contributed by atoms with Gasteiger partial charge in [0.25, 0.3) is 0 Å². The molecule has 0 aromatic carbocycles. The van der Waals surface area contributed by atoms with Crippen LogP contribution in [0.1, 0.15) is 152 Å². The van der Waals surface area contributed by atoms with E-state index in [4.69, 9.17) is 14.6 Å². The Kier molecular flexibility index (Phi) is 15.2. The first-order valence-corrected chi connectivity index (χ1v) is 19.4. The number of carbonyl (C=O) groups is 2. The summed E-state index contributed by atoms with van der Waals surface area (Å²) in [4.78, 5) is 23.8. The van der Waals surface area contributed by atoms with E-state index in [1.54, 1.807) is 5.57 Å². The maximum absolute atomic E-state index is 12.9. The maximum Gasteiger partial charge on any atom is 0.303 e. The second-order valence-electron chi connectivity index (χ2n) is 17.8. The van der Waals surface area contributed by atoms with Gasteiger partial charge in [-0.1, -0.05) is 70.4 Å². The molecule has 3 aliphatic rings. The molecule has 3 rings (SSSR count). The van der Waals surface area contributed by atoms with Gasteiger partial charge in [-0.05, 0) is 133 Å². The van der Waals surface area contributed by atoms with Crippen molar-refractivity contribution in [2.24, 2.45) is 28.6 Å². The van der Waals surface area contributed by atoms with Crippen LogP contribution in [0.5, 0.6) is 0 Å². The number of aliphatic hydroxyl groups is 1. The Hall–Kier alpha value is -1.96. The summed E-state index contributed by atoms with van der Waals surface area (Å²) < 4.78 is 12.2. The van der Waals surface area contributed by atoms with Crippen molar-refractivity contribution in [3.05, 3.63) is 35.5 Å². The first kappa shape index (κ1) is 41.5. The molecule has 0 aromatic heterocycles. The molecule has 3 saturated carbocycles. The van der Waals surface area contributed by atoms with E-state index in [9.17, 15) is 14.7 Å². The molecule has 49 heavy (non-hydrogen) atoms. The van der Waals surface area contributed by atoms with E-state index in [0.29, 0.717) is 49.9 Å². The highest BCUT2D eigenvalue weighted by atomic mass is 16.5. The number of fused-ring (bicyclic) bond motifs is 1. The number of amides is 1. The van der Waals surface area contributed by atoms with Crippen molar-refractivity contribution in [1.82, 2.24) is 5.32 Å². The van der Waals surface area contributed by atoms with Gasteiger partial charge in [-0.3, -0.25) is 9.59 Å². The van der Waals surface area contributed by atoms with Crippen LogP contribution < -0.4 is 5.32 Å². The van der Waals surface area contributed by atoms with E-state index < -0.39 is 22.6 Å². The Bertz CT molecular complexity index is 1180. The van der Waals surface area contributed by atoms with Crippen LogP contribution >= 0.6 is 0 Å². The molecule has 5 atom stereocenters. The molecule has 0 saturated heterocycles. The number of aliphatic carboxylic acids is 1. The highest BCUT2D eigenvalue weighted by Gasteiger charge is 2.50. The minimum atomic E-state index is -0.829. The van der Waals surface area contributed by atoms with Gasteiger partial charge < -0.3 is 25.0 Å². The molecule has 0 aliphatic heterocycles. The zero-order chi connectivity index (χ0) is 36.5. The SMILES string of the molecule is C=C1CC[C@H](OCCCNC(=O)C(C)(C)CCOC(C)(C)CCC(=O)O)C/C1=C/C=C1\CCC[C@]2(C)C([C@H](C)CCCC(C)(C)O)CC[C@@H]12. The van der Waals surface area contributed by atoms with Crippen molar-refractivity contribution >= 4 is 11.9 Å². The predicted molar refractivity (Wildman–Crippen MR) is 199 cm³/mol. The van der Waals surface area contributed by atoms with Gasteiger partial charge in [-0.2, -0.15) is 0 Å². The molecular formula is C42H71NO6. The summed E-state index contributed by atoms with van der Waals surface area (Å²) in [6.45, 7) is 22.5. The van der Waals surface area contributed by atoms with Gasteiger partial charge in [0.15, 0.2) is 0 Å². The third kappa shape index (κ3) is 12.9. The van der Waals surface area contributed by atoms with Gasteiger partial charge in [0.2, 0.25) is 5.91 Å². The van der Waals surface area contributed by atoms with E-state index in [1.165, 1.54) is 49.7 Å². The Labute approximate surface area is 298 Å². The van der Waals surface area contributed by atoms with E-state index in [1.807, 2.05) is 41.5 Å². The number of nitrogens with one attached hydrogen (secondary N) is 1. The molecule has 7 heteroatoms. The fraction of sp³-hybridized carbons (Fsp3) is 0.810. The van der Waals surface area contributed by atoms with Gasteiger partial charge in [0.1, 0.15) is 0 Å². The normalized spacial score (nSPS) is 27.4. The van der Waals surface area contributed by atoms with Crippen molar-refractivity contribution in [3.8, 4) is 0 Å². The molecule has 3 aliphatic carbocycles. The fourth-order valence-corrected chi connectivity index (χ4v) is 8.73. The number of hydrogen-bond acceptors (Lipinski definition) is 5. The zero-order valence-corrected chi connectivity index (χ0v) is 32.4. The second-order valence-corrected chi connectivity index (χ2v) is 17.8.